The van der Waals surface area contributed by atoms with Crippen molar-refractivity contribution >= 4 is 12.1 Å². The fraction of sp³-hybridized carbons (Fsp3) is 0.0476. The van der Waals surface area contributed by atoms with Crippen molar-refractivity contribution in [3.8, 4) is 11.1 Å². The van der Waals surface area contributed by atoms with Crippen LogP contribution < -0.4 is 0 Å². The first-order valence-corrected chi connectivity index (χ1v) is 7.58. The predicted octanol–water partition coefficient (Wildman–Crippen LogP) is 4.30. The molecule has 1 aliphatic rings. The van der Waals surface area contributed by atoms with Crippen LogP contribution in [0.15, 0.2) is 66.7 Å². The minimum Gasteiger partial charge on any atom is -0.298 e. The fourth-order valence-corrected chi connectivity index (χ4v) is 3.25. The van der Waals surface area contributed by atoms with Crippen molar-refractivity contribution in [1.29, 1.82) is 0 Å². The summed E-state index contributed by atoms with van der Waals surface area (Å²) < 4.78 is 0. The Labute approximate surface area is 134 Å². The summed E-state index contributed by atoms with van der Waals surface area (Å²) in [4.78, 5) is 23.9. The van der Waals surface area contributed by atoms with Gasteiger partial charge in [-0.3, -0.25) is 9.59 Å². The molecule has 0 radical (unpaired) electrons. The Balaban J connectivity index is 1.76. The average molecular weight is 298 g/mol. The van der Waals surface area contributed by atoms with Crippen molar-refractivity contribution in [2.75, 3.05) is 0 Å². The third-order valence-electron chi connectivity index (χ3n) is 4.39. The standard InChI is InChI=1S/C21H14O2/c22-13-16-6-2-4-8-20(16)21(23)15-9-10-19-17(12-15)11-14-5-1-3-7-18(14)19/h1-10,12-13H,11H2. The Morgan fingerprint density at radius 1 is 0.826 bits per heavy atom. The van der Waals surface area contributed by atoms with Crippen molar-refractivity contribution in [2.45, 2.75) is 6.42 Å². The number of ketones is 1. The van der Waals surface area contributed by atoms with Gasteiger partial charge in [0, 0.05) is 16.7 Å². The number of benzene rings is 3. The highest BCUT2D eigenvalue weighted by molar-refractivity contribution is 6.13. The number of rotatable bonds is 3. The molecule has 110 valence electrons. The molecule has 0 aliphatic heterocycles. The average Bonchev–Trinajstić information content (AvgIpc) is 2.98. The molecule has 0 saturated heterocycles. The van der Waals surface area contributed by atoms with E-state index < -0.39 is 0 Å². The Kier molecular flexibility index (Phi) is 3.16. The third kappa shape index (κ3) is 2.20. The first-order chi connectivity index (χ1) is 11.3. The van der Waals surface area contributed by atoms with E-state index in [2.05, 4.69) is 12.1 Å². The quantitative estimate of drug-likeness (QED) is 0.417. The molecule has 0 bridgehead atoms. The topological polar surface area (TPSA) is 34.1 Å². The molecule has 1 aliphatic carbocycles. The van der Waals surface area contributed by atoms with Crippen LogP contribution >= 0.6 is 0 Å². The van der Waals surface area contributed by atoms with E-state index in [9.17, 15) is 9.59 Å². The summed E-state index contributed by atoms with van der Waals surface area (Å²) in [6.45, 7) is 0. The minimum atomic E-state index is -0.105. The van der Waals surface area contributed by atoms with Crippen molar-refractivity contribution in [3.63, 3.8) is 0 Å². The lowest BCUT2D eigenvalue weighted by Gasteiger charge is -2.06. The number of carbonyl (C=O) groups excluding carboxylic acids is 2. The van der Waals surface area contributed by atoms with Crippen LogP contribution in [0.1, 0.15) is 37.4 Å². The van der Waals surface area contributed by atoms with E-state index in [0.717, 1.165) is 12.7 Å². The van der Waals surface area contributed by atoms with Crippen LogP contribution in [-0.4, -0.2) is 12.1 Å². The number of hydrogen-bond acceptors (Lipinski definition) is 2. The SMILES string of the molecule is O=Cc1ccccc1C(=O)c1ccc2c(c1)Cc1ccccc1-2. The van der Waals surface area contributed by atoms with Gasteiger partial charge in [-0.05, 0) is 34.7 Å². The Bertz CT molecular complexity index is 938. The van der Waals surface area contributed by atoms with E-state index in [1.807, 2.05) is 30.3 Å². The molecule has 0 unspecified atom stereocenters. The van der Waals surface area contributed by atoms with Crippen LogP contribution in [-0.2, 0) is 6.42 Å². The third-order valence-corrected chi connectivity index (χ3v) is 4.39. The molecule has 0 aromatic heterocycles. The van der Waals surface area contributed by atoms with Gasteiger partial charge in [0.2, 0.25) is 0 Å². The van der Waals surface area contributed by atoms with Gasteiger partial charge in [-0.1, -0.05) is 60.7 Å². The second-order valence-electron chi connectivity index (χ2n) is 5.74. The molecule has 0 atom stereocenters. The maximum Gasteiger partial charge on any atom is 0.193 e. The molecule has 23 heavy (non-hydrogen) atoms. The van der Waals surface area contributed by atoms with Gasteiger partial charge in [0.25, 0.3) is 0 Å². The normalized spacial score (nSPS) is 11.7. The van der Waals surface area contributed by atoms with Crippen LogP contribution in [0.3, 0.4) is 0 Å². The smallest absolute Gasteiger partial charge is 0.193 e. The van der Waals surface area contributed by atoms with Gasteiger partial charge in [-0.15, -0.1) is 0 Å². The van der Waals surface area contributed by atoms with E-state index in [1.54, 1.807) is 24.3 Å². The Morgan fingerprint density at radius 3 is 2.43 bits per heavy atom. The van der Waals surface area contributed by atoms with Crippen LogP contribution in [0.5, 0.6) is 0 Å². The summed E-state index contributed by atoms with van der Waals surface area (Å²) in [6.07, 6.45) is 1.58. The maximum absolute atomic E-state index is 12.7. The van der Waals surface area contributed by atoms with Gasteiger partial charge >= 0.3 is 0 Å². The van der Waals surface area contributed by atoms with Gasteiger partial charge in [-0.2, -0.15) is 0 Å². The van der Waals surface area contributed by atoms with Crippen LogP contribution in [0.2, 0.25) is 0 Å². The Hall–Kier alpha value is -3.00. The summed E-state index contributed by atoms with van der Waals surface area (Å²) in [6, 6.07) is 21.1. The second kappa shape index (κ2) is 5.33. The summed E-state index contributed by atoms with van der Waals surface area (Å²) >= 11 is 0. The fourth-order valence-electron chi connectivity index (χ4n) is 3.25. The van der Waals surface area contributed by atoms with Gasteiger partial charge < -0.3 is 0 Å². The van der Waals surface area contributed by atoms with E-state index in [-0.39, 0.29) is 5.78 Å². The zero-order chi connectivity index (χ0) is 15.8. The first kappa shape index (κ1) is 13.6. The molecule has 3 aromatic rings. The zero-order valence-electron chi connectivity index (χ0n) is 12.5. The van der Waals surface area contributed by atoms with Crippen LogP contribution in [0, 0.1) is 0 Å². The van der Waals surface area contributed by atoms with Crippen molar-refractivity contribution in [3.05, 3.63) is 94.5 Å². The molecule has 0 spiro atoms. The van der Waals surface area contributed by atoms with E-state index in [1.165, 1.54) is 22.3 Å². The molecule has 0 saturated carbocycles. The second-order valence-corrected chi connectivity index (χ2v) is 5.74. The number of aldehydes is 1. The highest BCUT2D eigenvalue weighted by Gasteiger charge is 2.20. The Morgan fingerprint density at radius 2 is 1.57 bits per heavy atom. The molecular weight excluding hydrogens is 284 g/mol. The molecule has 0 fully saturated rings. The lowest BCUT2D eigenvalue weighted by molar-refractivity contribution is 0.102. The first-order valence-electron chi connectivity index (χ1n) is 7.58. The largest absolute Gasteiger partial charge is 0.298 e. The van der Waals surface area contributed by atoms with Crippen molar-refractivity contribution in [1.82, 2.24) is 0 Å². The minimum absolute atomic E-state index is 0.105. The maximum atomic E-state index is 12.7. The monoisotopic (exact) mass is 298 g/mol. The molecule has 0 amide bonds. The van der Waals surface area contributed by atoms with Crippen LogP contribution in [0.25, 0.3) is 11.1 Å². The molecular formula is C21H14O2. The molecule has 2 nitrogen and oxygen atoms in total. The number of fused-ring (bicyclic) bond motifs is 3. The van der Waals surface area contributed by atoms with Gasteiger partial charge in [0.15, 0.2) is 12.1 Å². The lowest BCUT2D eigenvalue weighted by atomic mass is 9.96. The summed E-state index contributed by atoms with van der Waals surface area (Å²) in [5.74, 6) is -0.105. The summed E-state index contributed by atoms with van der Waals surface area (Å²) in [5, 5.41) is 0. The predicted molar refractivity (Wildman–Crippen MR) is 89.9 cm³/mol. The van der Waals surface area contributed by atoms with Gasteiger partial charge in [-0.25, -0.2) is 0 Å². The lowest BCUT2D eigenvalue weighted by Crippen LogP contribution is -2.05. The summed E-state index contributed by atoms with van der Waals surface area (Å²) in [5.41, 5.74) is 6.42. The molecule has 3 aromatic carbocycles. The van der Waals surface area contributed by atoms with Crippen molar-refractivity contribution < 1.29 is 9.59 Å². The van der Waals surface area contributed by atoms with Gasteiger partial charge in [0.05, 0.1) is 0 Å². The number of hydrogen-bond donors (Lipinski definition) is 0. The molecule has 0 N–H and O–H groups in total. The van der Waals surface area contributed by atoms with E-state index in [0.29, 0.717) is 16.7 Å². The summed E-state index contributed by atoms with van der Waals surface area (Å²) in [7, 11) is 0. The molecule has 4 rings (SSSR count). The zero-order valence-corrected chi connectivity index (χ0v) is 12.5. The highest BCUT2D eigenvalue weighted by Crippen LogP contribution is 2.37. The number of carbonyl (C=O) groups is 2. The van der Waals surface area contributed by atoms with Crippen LogP contribution in [0.4, 0.5) is 0 Å². The highest BCUT2D eigenvalue weighted by atomic mass is 16.1. The molecule has 0 heterocycles. The van der Waals surface area contributed by atoms with Gasteiger partial charge in [0.1, 0.15) is 0 Å². The van der Waals surface area contributed by atoms with E-state index >= 15 is 0 Å². The van der Waals surface area contributed by atoms with E-state index in [4.69, 9.17) is 0 Å². The molecule has 2 heteroatoms. The van der Waals surface area contributed by atoms with Crippen molar-refractivity contribution in [2.24, 2.45) is 0 Å².